The number of methoxy groups -OCH3 is 2. The van der Waals surface area contributed by atoms with Crippen molar-refractivity contribution in [3.05, 3.63) is 75.5 Å². The van der Waals surface area contributed by atoms with E-state index in [1.165, 1.54) is 0 Å². The van der Waals surface area contributed by atoms with Crippen LogP contribution < -0.4 is 20.1 Å². The van der Waals surface area contributed by atoms with E-state index in [1.807, 2.05) is 36.4 Å². The van der Waals surface area contributed by atoms with Crippen molar-refractivity contribution in [3.8, 4) is 45.4 Å². The van der Waals surface area contributed by atoms with Crippen LogP contribution in [-0.2, 0) is 29.1 Å². The van der Waals surface area contributed by atoms with Crippen LogP contribution in [0.3, 0.4) is 0 Å². The second-order valence-corrected chi connectivity index (χ2v) is 14.7. The third-order valence-electron chi connectivity index (χ3n) is 10.5. The van der Waals surface area contributed by atoms with E-state index in [4.69, 9.17) is 47.6 Å². The van der Waals surface area contributed by atoms with E-state index in [9.17, 15) is 9.59 Å². The normalized spacial score (nSPS) is 19.8. The predicted octanol–water partition coefficient (Wildman–Crippen LogP) is 5.30. The van der Waals surface area contributed by atoms with Crippen LogP contribution in [0.15, 0.2) is 48.7 Å². The zero-order valence-electron chi connectivity index (χ0n) is 28.6. The second kappa shape index (κ2) is 13.7. The highest BCUT2D eigenvalue weighted by atomic mass is 35.5. The minimum atomic E-state index is -0.108. The quantitative estimate of drug-likeness (QED) is 0.237. The van der Waals surface area contributed by atoms with Crippen molar-refractivity contribution >= 4 is 35.0 Å². The van der Waals surface area contributed by atoms with Gasteiger partial charge in [-0.15, -0.1) is 0 Å². The molecular weight excluding hydrogens is 689 g/mol. The number of carbonyl (C=O) groups is 2. The van der Waals surface area contributed by atoms with E-state index < -0.39 is 0 Å². The zero-order valence-corrected chi connectivity index (χ0v) is 30.1. The Labute approximate surface area is 306 Å². The van der Waals surface area contributed by atoms with E-state index in [2.05, 4.69) is 26.5 Å². The number of nitrogens with zero attached hydrogens (tertiary/aromatic N) is 5. The average molecular weight is 729 g/mol. The molecule has 3 saturated heterocycles. The fraction of sp³-hybridized carbons (Fsp3) is 0.395. The van der Waals surface area contributed by atoms with Gasteiger partial charge in [-0.1, -0.05) is 59.6 Å². The van der Waals surface area contributed by atoms with Crippen molar-refractivity contribution in [1.82, 2.24) is 35.4 Å². The molecule has 2 aromatic heterocycles. The molecule has 0 bridgehead atoms. The molecule has 1 unspecified atom stereocenters. The molecule has 1 atom stereocenters. The van der Waals surface area contributed by atoms with Crippen molar-refractivity contribution in [2.75, 3.05) is 40.4 Å². The zero-order chi connectivity index (χ0) is 35.3. The van der Waals surface area contributed by atoms with Crippen molar-refractivity contribution in [1.29, 1.82) is 0 Å². The highest BCUT2D eigenvalue weighted by Crippen LogP contribution is 2.43. The lowest BCUT2D eigenvalue weighted by Gasteiger charge is -2.47. The van der Waals surface area contributed by atoms with E-state index in [1.54, 1.807) is 20.4 Å². The van der Waals surface area contributed by atoms with Gasteiger partial charge in [0.15, 0.2) is 0 Å². The van der Waals surface area contributed by atoms with Gasteiger partial charge in [0.2, 0.25) is 23.6 Å². The number of aromatic nitrogens is 3. The number of likely N-dealkylation sites (tertiary alicyclic amines) is 1. The van der Waals surface area contributed by atoms with Crippen LogP contribution in [0.2, 0.25) is 10.0 Å². The molecule has 0 saturated carbocycles. The summed E-state index contributed by atoms with van der Waals surface area (Å²) in [5.41, 5.74) is 7.16. The van der Waals surface area contributed by atoms with Crippen molar-refractivity contribution in [2.45, 2.75) is 56.8 Å². The number of amides is 2. The maximum Gasteiger partial charge on any atom is 0.237 e. The summed E-state index contributed by atoms with van der Waals surface area (Å²) in [6, 6.07) is 13.9. The summed E-state index contributed by atoms with van der Waals surface area (Å²) in [6.07, 6.45) is 5.45. The number of rotatable bonds is 9. The number of carbonyl (C=O) groups excluding carboxylic acids is 2. The van der Waals surface area contributed by atoms with Crippen LogP contribution in [0.5, 0.6) is 11.8 Å². The molecule has 2 N–H and O–H groups in total. The van der Waals surface area contributed by atoms with E-state index in [0.29, 0.717) is 52.4 Å². The number of hydrogen-bond acceptors (Lipinski definition) is 9. The van der Waals surface area contributed by atoms with Gasteiger partial charge in [0.05, 0.1) is 47.4 Å². The third-order valence-corrected chi connectivity index (χ3v) is 11.3. The van der Waals surface area contributed by atoms with Crippen LogP contribution >= 0.6 is 23.2 Å². The Bertz CT molecular complexity index is 2040. The molecule has 4 aliphatic heterocycles. The fourth-order valence-electron chi connectivity index (χ4n) is 8.00. The lowest BCUT2D eigenvalue weighted by atomic mass is 9.88. The minimum Gasteiger partial charge on any atom is -0.481 e. The molecule has 1 spiro atoms. The molecular formula is C38H39Cl2N7O4. The first-order valence-corrected chi connectivity index (χ1v) is 18.1. The highest BCUT2D eigenvalue weighted by molar-refractivity contribution is 6.39. The number of pyridine rings is 1. The maximum atomic E-state index is 11.8. The molecule has 0 radical (unpaired) electrons. The van der Waals surface area contributed by atoms with Crippen molar-refractivity contribution in [2.24, 2.45) is 0 Å². The summed E-state index contributed by atoms with van der Waals surface area (Å²) >= 11 is 14.3. The van der Waals surface area contributed by atoms with E-state index in [-0.39, 0.29) is 23.4 Å². The minimum absolute atomic E-state index is 0.108. The number of hydrogen-bond donors (Lipinski definition) is 2. The van der Waals surface area contributed by atoms with Crippen LogP contribution in [0.1, 0.15) is 42.5 Å². The average Bonchev–Trinajstić information content (AvgIpc) is 3.72. The van der Waals surface area contributed by atoms with Gasteiger partial charge in [-0.3, -0.25) is 24.4 Å². The Balaban J connectivity index is 1.05. The largest absolute Gasteiger partial charge is 0.481 e. The molecule has 6 heterocycles. The molecule has 0 aliphatic carbocycles. The fourth-order valence-corrected chi connectivity index (χ4v) is 8.65. The number of benzene rings is 2. The Morgan fingerprint density at radius 1 is 0.863 bits per heavy atom. The van der Waals surface area contributed by atoms with Crippen LogP contribution in [0.25, 0.3) is 33.6 Å². The van der Waals surface area contributed by atoms with Crippen molar-refractivity contribution in [3.63, 3.8) is 0 Å². The summed E-state index contributed by atoms with van der Waals surface area (Å²) < 4.78 is 11.5. The van der Waals surface area contributed by atoms with Crippen LogP contribution in [0, 0.1) is 0 Å². The summed E-state index contributed by atoms with van der Waals surface area (Å²) in [5.74, 6) is 1.29. The summed E-state index contributed by atoms with van der Waals surface area (Å²) in [7, 11) is 3.24. The van der Waals surface area contributed by atoms with E-state index in [0.717, 1.165) is 91.2 Å². The number of fused-ring (bicyclic) bond motifs is 1. The van der Waals surface area contributed by atoms with Gasteiger partial charge >= 0.3 is 0 Å². The first-order chi connectivity index (χ1) is 24.7. The molecule has 264 valence electrons. The molecule has 11 nitrogen and oxygen atoms in total. The topological polar surface area (TPSA) is 122 Å². The van der Waals surface area contributed by atoms with Gasteiger partial charge in [0.1, 0.15) is 5.69 Å². The van der Waals surface area contributed by atoms with Gasteiger partial charge in [0.25, 0.3) is 0 Å². The molecule has 4 aromatic rings. The monoisotopic (exact) mass is 727 g/mol. The molecule has 2 amide bonds. The standard InChI is InChI=1S/C38H39Cl2N7O4/c1-50-36-24-12-14-46(18-23-9-10-32(48)42-23)17-22(24)15-29(43-36)27-7-3-5-25(34(27)39)26-6-4-8-28(35(26)40)30-16-41-31(37(44-30)51-2)19-47-20-38(21-47)13-11-33(49)45-38/h3-8,15-16,23H,9-14,17-21H2,1-2H3,(H,42,48)(H,45,49). The van der Waals surface area contributed by atoms with Gasteiger partial charge in [-0.25, -0.2) is 9.97 Å². The lowest BCUT2D eigenvalue weighted by Crippen LogP contribution is -2.66. The smallest absolute Gasteiger partial charge is 0.237 e. The first-order valence-electron chi connectivity index (χ1n) is 17.3. The summed E-state index contributed by atoms with van der Waals surface area (Å²) in [4.78, 5) is 42.6. The third kappa shape index (κ3) is 6.52. The number of halogens is 2. The first kappa shape index (κ1) is 33.8. The molecule has 8 rings (SSSR count). The van der Waals surface area contributed by atoms with Gasteiger partial charge in [-0.2, -0.15) is 0 Å². The Morgan fingerprint density at radius 2 is 1.55 bits per heavy atom. The SMILES string of the molecule is COc1nc(-c2cccc(-c3cccc(-c4cc5c(c(OC)n4)CCN(CC4CCC(=O)N4)C5)c3Cl)c2Cl)cnc1CN1CC2(CCC(=O)N2)C1. The molecule has 13 heteroatoms. The Morgan fingerprint density at radius 3 is 2.20 bits per heavy atom. The summed E-state index contributed by atoms with van der Waals surface area (Å²) in [6.45, 7) is 4.57. The van der Waals surface area contributed by atoms with Gasteiger partial charge in [-0.05, 0) is 30.9 Å². The van der Waals surface area contributed by atoms with Gasteiger partial charge < -0.3 is 20.1 Å². The second-order valence-electron chi connectivity index (χ2n) is 14.0. The summed E-state index contributed by atoms with van der Waals surface area (Å²) in [5, 5.41) is 7.23. The molecule has 4 aliphatic rings. The highest BCUT2D eigenvalue weighted by Gasteiger charge is 2.47. The van der Waals surface area contributed by atoms with Crippen LogP contribution in [-0.4, -0.2) is 88.5 Å². The predicted molar refractivity (Wildman–Crippen MR) is 195 cm³/mol. The molecule has 2 aromatic carbocycles. The Hall–Kier alpha value is -4.29. The van der Waals surface area contributed by atoms with E-state index >= 15 is 0 Å². The van der Waals surface area contributed by atoms with Crippen LogP contribution in [0.4, 0.5) is 0 Å². The Kier molecular flexibility index (Phi) is 9.08. The van der Waals surface area contributed by atoms with Crippen molar-refractivity contribution < 1.29 is 19.1 Å². The molecule has 3 fully saturated rings. The lowest BCUT2D eigenvalue weighted by molar-refractivity contribution is -0.121. The molecule has 51 heavy (non-hydrogen) atoms. The number of nitrogens with one attached hydrogen (secondary N) is 2. The maximum absolute atomic E-state index is 11.8. The number of ether oxygens (including phenoxy) is 2. The van der Waals surface area contributed by atoms with Gasteiger partial charge in [0, 0.05) is 86.0 Å².